The minimum Gasteiger partial charge on any atom is -0.491 e. The van der Waals surface area contributed by atoms with Crippen LogP contribution in [-0.2, 0) is 11.2 Å². The number of halogens is 1. The van der Waals surface area contributed by atoms with Crippen molar-refractivity contribution in [1.82, 2.24) is 9.78 Å². The number of aryl methyl sites for hydroxylation is 1. The number of nitrogens with zero attached hydrogens (tertiary/aromatic N) is 4. The zero-order chi connectivity index (χ0) is 27.1. The summed E-state index contributed by atoms with van der Waals surface area (Å²) < 4.78 is 21.2. The normalized spacial score (nSPS) is 17.5. The van der Waals surface area contributed by atoms with E-state index in [0.717, 1.165) is 24.1 Å². The molecule has 2 aliphatic heterocycles. The van der Waals surface area contributed by atoms with Gasteiger partial charge in [0.05, 0.1) is 12.3 Å². The van der Waals surface area contributed by atoms with Gasteiger partial charge in [0, 0.05) is 42.0 Å². The smallest absolute Gasteiger partial charge is 0.277 e. The van der Waals surface area contributed by atoms with E-state index in [1.165, 1.54) is 16.8 Å². The molecular formula is C28H30FN5O4. The van der Waals surface area contributed by atoms with Gasteiger partial charge in [-0.1, -0.05) is 6.92 Å². The average molecular weight is 520 g/mol. The highest BCUT2D eigenvalue weighted by Gasteiger charge is 2.35. The molecule has 0 saturated carbocycles. The molecule has 0 aliphatic carbocycles. The van der Waals surface area contributed by atoms with Gasteiger partial charge >= 0.3 is 0 Å². The first kappa shape index (κ1) is 25.4. The Hall–Kier alpha value is -4.21. The second-order valence-corrected chi connectivity index (χ2v) is 9.71. The van der Waals surface area contributed by atoms with Crippen LogP contribution in [0.15, 0.2) is 36.4 Å². The highest BCUT2D eigenvalue weighted by atomic mass is 19.1. The van der Waals surface area contributed by atoms with Crippen molar-refractivity contribution >= 4 is 29.1 Å². The van der Waals surface area contributed by atoms with Crippen LogP contribution in [-0.4, -0.2) is 47.2 Å². The molecule has 3 aromatic rings. The summed E-state index contributed by atoms with van der Waals surface area (Å²) >= 11 is 0. The SMILES string of the molecule is CCOc1ccc(-n2nc(C(N)=O)c3c2C(=O)N(c2ccc(N4CCCC(C)C4=O)c(C)c2)CC3)cc1F. The number of hydrogen-bond acceptors (Lipinski definition) is 5. The Kier molecular flexibility index (Phi) is 6.64. The Morgan fingerprint density at radius 1 is 1.13 bits per heavy atom. The van der Waals surface area contributed by atoms with Crippen LogP contribution in [0.2, 0.25) is 0 Å². The summed E-state index contributed by atoms with van der Waals surface area (Å²) in [5, 5.41) is 4.31. The summed E-state index contributed by atoms with van der Waals surface area (Å²) in [6.07, 6.45) is 2.18. The van der Waals surface area contributed by atoms with Crippen LogP contribution in [0.1, 0.15) is 58.8 Å². The van der Waals surface area contributed by atoms with Gasteiger partial charge in [0.2, 0.25) is 5.91 Å². The highest BCUT2D eigenvalue weighted by molar-refractivity contribution is 6.09. The van der Waals surface area contributed by atoms with Crippen LogP contribution in [0.5, 0.6) is 5.75 Å². The molecule has 5 rings (SSSR count). The number of hydrogen-bond donors (Lipinski definition) is 1. The number of ether oxygens (including phenoxy) is 1. The lowest BCUT2D eigenvalue weighted by Crippen LogP contribution is -2.41. The predicted molar refractivity (Wildman–Crippen MR) is 141 cm³/mol. The van der Waals surface area contributed by atoms with Crippen molar-refractivity contribution in [2.75, 3.05) is 29.5 Å². The summed E-state index contributed by atoms with van der Waals surface area (Å²) in [6, 6.07) is 9.83. The number of anilines is 2. The van der Waals surface area contributed by atoms with Gasteiger partial charge in [-0.15, -0.1) is 0 Å². The van der Waals surface area contributed by atoms with E-state index >= 15 is 0 Å². The molecule has 2 aliphatic rings. The molecule has 9 nitrogen and oxygen atoms in total. The molecule has 0 spiro atoms. The van der Waals surface area contributed by atoms with E-state index in [9.17, 15) is 18.8 Å². The third-order valence-corrected chi connectivity index (χ3v) is 7.20. The van der Waals surface area contributed by atoms with Gasteiger partial charge in [-0.05, 0) is 69.0 Å². The fourth-order valence-electron chi connectivity index (χ4n) is 5.29. The highest BCUT2D eigenvalue weighted by Crippen LogP contribution is 2.33. The number of nitrogens with two attached hydrogens (primary N) is 1. The lowest BCUT2D eigenvalue weighted by molar-refractivity contribution is -0.123. The first-order valence-electron chi connectivity index (χ1n) is 12.8. The van der Waals surface area contributed by atoms with Crippen LogP contribution >= 0.6 is 0 Å². The zero-order valence-corrected chi connectivity index (χ0v) is 21.7. The Morgan fingerprint density at radius 3 is 2.58 bits per heavy atom. The van der Waals surface area contributed by atoms with Crippen molar-refractivity contribution in [2.24, 2.45) is 11.7 Å². The lowest BCUT2D eigenvalue weighted by Gasteiger charge is -2.33. The van der Waals surface area contributed by atoms with E-state index in [4.69, 9.17) is 10.5 Å². The first-order valence-corrected chi connectivity index (χ1v) is 12.8. The van der Waals surface area contributed by atoms with E-state index < -0.39 is 11.7 Å². The number of fused-ring (bicyclic) bond motifs is 1. The predicted octanol–water partition coefficient (Wildman–Crippen LogP) is 3.78. The topological polar surface area (TPSA) is 111 Å². The molecule has 198 valence electrons. The number of aromatic nitrogens is 2. The summed E-state index contributed by atoms with van der Waals surface area (Å²) in [7, 11) is 0. The number of amides is 3. The summed E-state index contributed by atoms with van der Waals surface area (Å²) in [4.78, 5) is 42.2. The van der Waals surface area contributed by atoms with Crippen LogP contribution in [0.4, 0.5) is 15.8 Å². The second kappa shape index (κ2) is 9.92. The summed E-state index contributed by atoms with van der Waals surface area (Å²) in [5.74, 6) is -1.57. The molecule has 0 radical (unpaired) electrons. The minimum absolute atomic E-state index is 0.00782. The molecule has 2 aromatic carbocycles. The molecule has 38 heavy (non-hydrogen) atoms. The van der Waals surface area contributed by atoms with Gasteiger partial charge in [0.15, 0.2) is 17.3 Å². The molecule has 10 heteroatoms. The van der Waals surface area contributed by atoms with E-state index in [1.54, 1.807) is 17.9 Å². The number of primary amides is 1. The molecular weight excluding hydrogens is 489 g/mol. The van der Waals surface area contributed by atoms with Crippen molar-refractivity contribution < 1.29 is 23.5 Å². The fraction of sp³-hybridized carbons (Fsp3) is 0.357. The van der Waals surface area contributed by atoms with Crippen LogP contribution in [0.25, 0.3) is 5.69 Å². The maximum absolute atomic E-state index is 14.7. The molecule has 3 amide bonds. The largest absolute Gasteiger partial charge is 0.491 e. The molecule has 2 N–H and O–H groups in total. The van der Waals surface area contributed by atoms with Gasteiger partial charge < -0.3 is 20.3 Å². The van der Waals surface area contributed by atoms with Crippen LogP contribution < -0.4 is 20.3 Å². The van der Waals surface area contributed by atoms with E-state index in [1.807, 2.05) is 36.9 Å². The van der Waals surface area contributed by atoms with Crippen molar-refractivity contribution in [3.63, 3.8) is 0 Å². The Labute approximate surface area is 220 Å². The van der Waals surface area contributed by atoms with Gasteiger partial charge in [0.1, 0.15) is 5.69 Å². The molecule has 1 atom stereocenters. The van der Waals surface area contributed by atoms with Crippen LogP contribution in [0.3, 0.4) is 0 Å². The zero-order valence-electron chi connectivity index (χ0n) is 21.7. The monoisotopic (exact) mass is 519 g/mol. The van der Waals surface area contributed by atoms with Crippen molar-refractivity contribution in [3.8, 4) is 11.4 Å². The second-order valence-electron chi connectivity index (χ2n) is 9.71. The number of rotatable bonds is 6. The maximum Gasteiger partial charge on any atom is 0.277 e. The van der Waals surface area contributed by atoms with Crippen LogP contribution in [0, 0.1) is 18.7 Å². The maximum atomic E-state index is 14.7. The van der Waals surface area contributed by atoms with E-state index in [2.05, 4.69) is 5.10 Å². The van der Waals surface area contributed by atoms with E-state index in [0.29, 0.717) is 37.4 Å². The molecule has 3 heterocycles. The standard InChI is InChI=1S/C28H30FN5O4/c1-4-38-23-10-8-19(15-21(23)29)34-25-20(24(31-34)26(30)35)11-13-32(28(25)37)18-7-9-22(17(3)14-18)33-12-5-6-16(2)27(33)36/h7-10,14-16H,4-6,11-13H2,1-3H3,(H2,30,35). The Balaban J connectivity index is 1.52. The average Bonchev–Trinajstić information content (AvgIpc) is 3.28. The third-order valence-electron chi connectivity index (χ3n) is 7.20. The van der Waals surface area contributed by atoms with Gasteiger partial charge in [-0.25, -0.2) is 9.07 Å². The Bertz CT molecular complexity index is 1450. The molecule has 1 unspecified atom stereocenters. The number of piperidine rings is 1. The third kappa shape index (κ3) is 4.29. The fourth-order valence-corrected chi connectivity index (χ4v) is 5.29. The van der Waals surface area contributed by atoms with Crippen molar-refractivity contribution in [3.05, 3.63) is 64.7 Å². The van der Waals surface area contributed by atoms with Crippen molar-refractivity contribution in [2.45, 2.75) is 40.0 Å². The minimum atomic E-state index is -0.756. The van der Waals surface area contributed by atoms with E-state index in [-0.39, 0.29) is 40.6 Å². The summed E-state index contributed by atoms with van der Waals surface area (Å²) in [6.45, 7) is 6.90. The van der Waals surface area contributed by atoms with Gasteiger partial charge in [-0.3, -0.25) is 14.4 Å². The quantitative estimate of drug-likeness (QED) is 0.533. The number of benzene rings is 2. The molecule has 1 fully saturated rings. The van der Waals surface area contributed by atoms with Gasteiger partial charge in [0.25, 0.3) is 11.8 Å². The van der Waals surface area contributed by atoms with Crippen molar-refractivity contribution in [1.29, 1.82) is 0 Å². The molecule has 1 saturated heterocycles. The molecule has 0 bridgehead atoms. The molecule has 1 aromatic heterocycles. The summed E-state index contributed by atoms with van der Waals surface area (Å²) in [5.41, 5.74) is 8.81. The Morgan fingerprint density at radius 2 is 1.89 bits per heavy atom. The lowest BCUT2D eigenvalue weighted by atomic mass is 9.97. The van der Waals surface area contributed by atoms with Gasteiger partial charge in [-0.2, -0.15) is 5.10 Å². The number of carbonyl (C=O) groups is 3. The number of carbonyl (C=O) groups excluding carboxylic acids is 3. The first-order chi connectivity index (χ1) is 18.2.